The first-order valence-electron chi connectivity index (χ1n) is 3.99. The Morgan fingerprint density at radius 1 is 1.77 bits per heavy atom. The van der Waals surface area contributed by atoms with Crippen LogP contribution in [0.4, 0.5) is 0 Å². The van der Waals surface area contributed by atoms with Crippen molar-refractivity contribution in [3.05, 3.63) is 23.9 Å². The Labute approximate surface area is 76.2 Å². The third kappa shape index (κ3) is 3.11. The van der Waals surface area contributed by atoms with Gasteiger partial charge in [0.25, 0.3) is 0 Å². The molecule has 1 aromatic heterocycles. The van der Waals surface area contributed by atoms with E-state index in [4.69, 9.17) is 4.42 Å². The fourth-order valence-corrected chi connectivity index (χ4v) is 0.779. The predicted octanol–water partition coefficient (Wildman–Crippen LogP) is 1.56. The van der Waals surface area contributed by atoms with Crippen molar-refractivity contribution in [3.63, 3.8) is 0 Å². The maximum absolute atomic E-state index is 10.8. The summed E-state index contributed by atoms with van der Waals surface area (Å²) in [6.45, 7) is 3.91. The summed E-state index contributed by atoms with van der Waals surface area (Å²) in [5.41, 5.74) is 0. The molecule has 0 aliphatic rings. The first-order chi connectivity index (χ1) is 6.22. The molecule has 0 radical (unpaired) electrons. The quantitative estimate of drug-likeness (QED) is 0.524. The number of hydrogen-bond donors (Lipinski definition) is 0. The Hall–Kier alpha value is -1.58. The summed E-state index contributed by atoms with van der Waals surface area (Å²) >= 11 is 0. The van der Waals surface area contributed by atoms with Crippen LogP contribution in [0.15, 0.2) is 16.7 Å². The molecule has 0 N–H and O–H groups in total. The number of hydrogen-bond acceptors (Lipinski definition) is 4. The molecular weight excluding hydrogens is 170 g/mol. The topological polar surface area (TPSA) is 52.3 Å². The van der Waals surface area contributed by atoms with Gasteiger partial charge in [0.2, 0.25) is 5.89 Å². The molecule has 0 saturated carbocycles. The van der Waals surface area contributed by atoms with Crippen LogP contribution < -0.4 is 0 Å². The van der Waals surface area contributed by atoms with Crippen molar-refractivity contribution < 1.29 is 13.9 Å². The summed E-state index contributed by atoms with van der Waals surface area (Å²) in [5, 5.41) is 0. The number of carbonyl (C=O) groups excluding carboxylic acids is 1. The number of aromatic nitrogens is 1. The zero-order chi connectivity index (χ0) is 9.68. The van der Waals surface area contributed by atoms with Crippen LogP contribution in [0.5, 0.6) is 0 Å². The molecule has 0 aliphatic heterocycles. The zero-order valence-corrected chi connectivity index (χ0v) is 7.61. The molecular formula is C9H11NO3. The van der Waals surface area contributed by atoms with Gasteiger partial charge in [-0.2, -0.15) is 0 Å². The molecule has 1 heterocycles. The highest BCUT2D eigenvalue weighted by atomic mass is 16.5. The van der Waals surface area contributed by atoms with Gasteiger partial charge in [0, 0.05) is 12.2 Å². The number of rotatable bonds is 3. The van der Waals surface area contributed by atoms with Crippen molar-refractivity contribution in [3.8, 4) is 0 Å². The van der Waals surface area contributed by atoms with Gasteiger partial charge in [0.05, 0.1) is 12.8 Å². The molecule has 4 heteroatoms. The van der Waals surface area contributed by atoms with Gasteiger partial charge in [0.1, 0.15) is 5.76 Å². The van der Waals surface area contributed by atoms with Gasteiger partial charge in [-0.25, -0.2) is 9.78 Å². The van der Waals surface area contributed by atoms with Gasteiger partial charge in [-0.15, -0.1) is 0 Å². The van der Waals surface area contributed by atoms with Crippen molar-refractivity contribution in [2.75, 3.05) is 6.61 Å². The lowest BCUT2D eigenvalue weighted by atomic mass is 10.5. The Balaban J connectivity index is 2.53. The Kier molecular flexibility index (Phi) is 3.25. The molecule has 70 valence electrons. The van der Waals surface area contributed by atoms with E-state index in [1.54, 1.807) is 20.0 Å². The Morgan fingerprint density at radius 2 is 2.54 bits per heavy atom. The number of ether oxygens (including phenoxy) is 1. The Morgan fingerprint density at radius 3 is 3.08 bits per heavy atom. The van der Waals surface area contributed by atoms with E-state index in [0.717, 1.165) is 0 Å². The summed E-state index contributed by atoms with van der Waals surface area (Å²) in [5.74, 6) is 0.729. The number of carbonyl (C=O) groups is 1. The number of oxazole rings is 1. The maximum Gasteiger partial charge on any atom is 0.330 e. The van der Waals surface area contributed by atoms with Crippen LogP contribution in [0.2, 0.25) is 0 Å². The molecule has 0 bridgehead atoms. The van der Waals surface area contributed by atoms with Crippen LogP contribution in [0, 0.1) is 6.92 Å². The summed E-state index contributed by atoms with van der Waals surface area (Å²) in [6, 6.07) is 0. The van der Waals surface area contributed by atoms with Gasteiger partial charge in [-0.1, -0.05) is 0 Å². The molecule has 0 unspecified atom stereocenters. The highest BCUT2D eigenvalue weighted by Crippen LogP contribution is 2.03. The molecule has 0 fully saturated rings. The lowest BCUT2D eigenvalue weighted by molar-refractivity contribution is -0.137. The van der Waals surface area contributed by atoms with E-state index in [1.165, 1.54) is 12.2 Å². The monoisotopic (exact) mass is 181 g/mol. The zero-order valence-electron chi connectivity index (χ0n) is 7.61. The van der Waals surface area contributed by atoms with Crippen LogP contribution in [0.25, 0.3) is 6.08 Å². The molecule has 1 aromatic rings. The summed E-state index contributed by atoms with van der Waals surface area (Å²) < 4.78 is 9.78. The SMILES string of the molecule is CCOC(=O)/C=C/c1ncc(C)o1. The Bertz CT molecular complexity index is 314. The predicted molar refractivity (Wildman–Crippen MR) is 46.9 cm³/mol. The minimum Gasteiger partial charge on any atom is -0.463 e. The van der Waals surface area contributed by atoms with E-state index >= 15 is 0 Å². The summed E-state index contributed by atoms with van der Waals surface area (Å²) in [7, 11) is 0. The summed E-state index contributed by atoms with van der Waals surface area (Å²) in [4.78, 5) is 14.7. The second kappa shape index (κ2) is 4.45. The average molecular weight is 181 g/mol. The summed E-state index contributed by atoms with van der Waals surface area (Å²) in [6.07, 6.45) is 4.35. The average Bonchev–Trinajstić information content (AvgIpc) is 2.49. The number of aryl methyl sites for hydroxylation is 1. The van der Waals surface area contributed by atoms with E-state index in [0.29, 0.717) is 18.3 Å². The first-order valence-corrected chi connectivity index (χ1v) is 3.99. The molecule has 0 spiro atoms. The van der Waals surface area contributed by atoms with E-state index in [9.17, 15) is 4.79 Å². The first kappa shape index (κ1) is 9.51. The van der Waals surface area contributed by atoms with Crippen molar-refractivity contribution in [2.24, 2.45) is 0 Å². The van der Waals surface area contributed by atoms with Gasteiger partial charge in [-0.3, -0.25) is 0 Å². The third-order valence-electron chi connectivity index (χ3n) is 1.29. The highest BCUT2D eigenvalue weighted by Gasteiger charge is 1.97. The van der Waals surface area contributed by atoms with E-state index in [2.05, 4.69) is 9.72 Å². The second-order valence-corrected chi connectivity index (χ2v) is 2.39. The fraction of sp³-hybridized carbons (Fsp3) is 0.333. The molecule has 0 aliphatic carbocycles. The maximum atomic E-state index is 10.8. The van der Waals surface area contributed by atoms with Gasteiger partial charge in [-0.05, 0) is 13.8 Å². The number of nitrogens with zero attached hydrogens (tertiary/aromatic N) is 1. The standard InChI is InChI=1S/C9H11NO3/c1-3-12-9(11)5-4-8-10-6-7(2)13-8/h4-6H,3H2,1-2H3/b5-4+. The van der Waals surface area contributed by atoms with Gasteiger partial charge >= 0.3 is 5.97 Å². The van der Waals surface area contributed by atoms with Crippen LogP contribution >= 0.6 is 0 Å². The van der Waals surface area contributed by atoms with E-state index in [-0.39, 0.29) is 0 Å². The smallest absolute Gasteiger partial charge is 0.330 e. The van der Waals surface area contributed by atoms with Crippen LogP contribution in [-0.2, 0) is 9.53 Å². The van der Waals surface area contributed by atoms with Gasteiger partial charge in [0.15, 0.2) is 0 Å². The van der Waals surface area contributed by atoms with Crippen molar-refractivity contribution in [1.29, 1.82) is 0 Å². The molecule has 1 rings (SSSR count). The largest absolute Gasteiger partial charge is 0.463 e. The van der Waals surface area contributed by atoms with E-state index < -0.39 is 5.97 Å². The minimum atomic E-state index is -0.390. The molecule has 4 nitrogen and oxygen atoms in total. The van der Waals surface area contributed by atoms with E-state index in [1.807, 2.05) is 0 Å². The van der Waals surface area contributed by atoms with Gasteiger partial charge < -0.3 is 9.15 Å². The second-order valence-electron chi connectivity index (χ2n) is 2.39. The lowest BCUT2D eigenvalue weighted by Gasteiger charge is -1.92. The van der Waals surface area contributed by atoms with Crippen molar-refractivity contribution in [2.45, 2.75) is 13.8 Å². The molecule has 0 amide bonds. The fourth-order valence-electron chi connectivity index (χ4n) is 0.779. The van der Waals surface area contributed by atoms with Crippen molar-refractivity contribution in [1.82, 2.24) is 4.98 Å². The van der Waals surface area contributed by atoms with Crippen molar-refractivity contribution >= 4 is 12.0 Å². The molecule has 13 heavy (non-hydrogen) atoms. The van der Waals surface area contributed by atoms with Crippen LogP contribution in [0.1, 0.15) is 18.6 Å². The highest BCUT2D eigenvalue weighted by molar-refractivity contribution is 5.86. The molecule has 0 aromatic carbocycles. The lowest BCUT2D eigenvalue weighted by Crippen LogP contribution is -1.98. The van der Waals surface area contributed by atoms with Crippen LogP contribution in [0.3, 0.4) is 0 Å². The molecule has 0 saturated heterocycles. The normalized spacial score (nSPS) is 10.6. The number of esters is 1. The van der Waals surface area contributed by atoms with Crippen LogP contribution in [-0.4, -0.2) is 17.6 Å². The third-order valence-corrected chi connectivity index (χ3v) is 1.29. The minimum absolute atomic E-state index is 0.369. The molecule has 0 atom stereocenters.